The first-order valence-electron chi connectivity index (χ1n) is 19.0. The maximum Gasteiger partial charge on any atom is 0.411 e. The lowest BCUT2D eigenvalue weighted by atomic mass is 9.73. The number of cyclic esters (lactones) is 1. The van der Waals surface area contributed by atoms with E-state index in [9.17, 15) is 24.3 Å². The Bertz CT molecular complexity index is 1880. The lowest BCUT2D eigenvalue weighted by Gasteiger charge is -2.46. The number of nitrogens with two attached hydrogens (primary N) is 2. The standard InChI is InChI=1S/C38H54FN7O10S/c1-10-26-38(8)29(46(35(51)56-38)14-12-11-13-45-18-24(43-44-45)25-17-42-34(41)57-25)21(4)27(47)19(2)16-36(6,52-9)31(22(5)30(49)37(7,39)33(50)54-26)55-32-28(48)23(40)15-20(3)53-32/h17-23,26,28-29,31-32,48H,10,13-16,40H2,1-9H3,(H2,41,42)/t19-,20-,21+,22+,23?,26-,28?,29-,31-,32+,36-,37+,38-/m1/s1. The first-order chi connectivity index (χ1) is 26.7. The van der Waals surface area contributed by atoms with Gasteiger partial charge in [-0.25, -0.2) is 23.6 Å². The SMILES string of the molecule is CC[C@H]1OC(=O)[C@@](C)(F)C(=O)[C@H](C)[C@@H](O[C@@H]2O[C@H](C)CC(N)C2O)[C@](C)(OC)C[C@@H](C)C(=O)[C@H](C)[C@H]2N(CC#CCn3cc(-c4cnc(N)s4)nn3)C(=O)O[C@]12C. The lowest BCUT2D eigenvalue weighted by molar-refractivity contribution is -0.288. The summed E-state index contributed by atoms with van der Waals surface area (Å²) in [6.45, 7) is 11.9. The molecule has 0 spiro atoms. The van der Waals surface area contributed by atoms with Crippen LogP contribution in [-0.2, 0) is 44.6 Å². The van der Waals surface area contributed by atoms with E-state index in [1.165, 1.54) is 41.9 Å². The first kappa shape index (κ1) is 44.1. The number of aliphatic hydroxyl groups is 1. The van der Waals surface area contributed by atoms with Gasteiger partial charge in [-0.3, -0.25) is 14.5 Å². The van der Waals surface area contributed by atoms with Gasteiger partial charge < -0.3 is 40.3 Å². The molecule has 19 heteroatoms. The van der Waals surface area contributed by atoms with Crippen LogP contribution in [-0.4, -0.2) is 127 Å². The molecule has 0 radical (unpaired) electrons. The molecule has 2 unspecified atom stereocenters. The van der Waals surface area contributed by atoms with Crippen molar-refractivity contribution in [2.24, 2.45) is 23.5 Å². The number of halogens is 1. The highest BCUT2D eigenvalue weighted by atomic mass is 32.1. The van der Waals surface area contributed by atoms with Gasteiger partial charge >= 0.3 is 12.1 Å². The van der Waals surface area contributed by atoms with E-state index < -0.39 is 95.3 Å². The number of hydrogen-bond acceptors (Lipinski definition) is 16. The van der Waals surface area contributed by atoms with E-state index in [-0.39, 0.29) is 31.7 Å². The van der Waals surface area contributed by atoms with Crippen molar-refractivity contribution in [2.75, 3.05) is 19.4 Å². The Labute approximate surface area is 335 Å². The highest BCUT2D eigenvalue weighted by molar-refractivity contribution is 7.18. The van der Waals surface area contributed by atoms with Crippen LogP contribution in [0.25, 0.3) is 10.6 Å². The highest BCUT2D eigenvalue weighted by Crippen LogP contribution is 2.43. The largest absolute Gasteiger partial charge is 0.455 e. The van der Waals surface area contributed by atoms with Crippen LogP contribution in [0.3, 0.4) is 0 Å². The number of thiazole rings is 1. The molecule has 0 bridgehead atoms. The molecule has 17 nitrogen and oxygen atoms in total. The molecule has 57 heavy (non-hydrogen) atoms. The average Bonchev–Trinajstić information content (AvgIpc) is 3.88. The van der Waals surface area contributed by atoms with Crippen molar-refractivity contribution in [1.29, 1.82) is 0 Å². The number of hydrogen-bond donors (Lipinski definition) is 3. The molecule has 0 aromatic carbocycles. The number of ether oxygens (including phenoxy) is 5. The molecule has 13 atom stereocenters. The smallest absolute Gasteiger partial charge is 0.411 e. The third-order valence-electron chi connectivity index (χ3n) is 11.5. The number of aliphatic hydroxyl groups excluding tert-OH is 1. The third kappa shape index (κ3) is 8.71. The number of alkyl halides is 1. The van der Waals surface area contributed by atoms with Gasteiger partial charge in [-0.2, -0.15) is 0 Å². The maximum atomic E-state index is 16.7. The zero-order chi connectivity index (χ0) is 42.2. The van der Waals surface area contributed by atoms with Crippen LogP contribution in [0.2, 0.25) is 0 Å². The molecule has 0 aliphatic carbocycles. The van der Waals surface area contributed by atoms with E-state index in [0.717, 1.165) is 11.8 Å². The summed E-state index contributed by atoms with van der Waals surface area (Å²) in [6.07, 6.45) is -2.98. The molecule has 1 amide bonds. The molecule has 2 aromatic heterocycles. The van der Waals surface area contributed by atoms with E-state index in [4.69, 9.17) is 35.2 Å². The summed E-state index contributed by atoms with van der Waals surface area (Å²) in [5.74, 6) is -0.243. The first-order valence-corrected chi connectivity index (χ1v) is 19.8. The molecule has 3 saturated heterocycles. The van der Waals surface area contributed by atoms with E-state index >= 15 is 4.39 Å². The Morgan fingerprint density at radius 2 is 1.79 bits per heavy atom. The number of aromatic nitrogens is 4. The molecule has 3 aliphatic heterocycles. The van der Waals surface area contributed by atoms with Crippen molar-refractivity contribution in [2.45, 2.75) is 141 Å². The number of fused-ring (bicyclic) bond motifs is 1. The molecule has 0 saturated carbocycles. The molecule has 2 aromatic rings. The number of anilines is 1. The number of rotatable bonds is 7. The Balaban J connectivity index is 1.49. The van der Waals surface area contributed by atoms with Gasteiger partial charge in [0.2, 0.25) is 0 Å². The summed E-state index contributed by atoms with van der Waals surface area (Å²) in [7, 11) is 1.36. The summed E-state index contributed by atoms with van der Waals surface area (Å²) >= 11 is 1.26. The van der Waals surface area contributed by atoms with Gasteiger partial charge in [-0.1, -0.05) is 56.1 Å². The van der Waals surface area contributed by atoms with Gasteiger partial charge in [-0.15, -0.1) is 5.10 Å². The Kier molecular flexibility index (Phi) is 13.2. The van der Waals surface area contributed by atoms with Gasteiger partial charge in [-0.05, 0) is 47.0 Å². The minimum Gasteiger partial charge on any atom is -0.455 e. The van der Waals surface area contributed by atoms with E-state index in [1.807, 2.05) is 0 Å². The Morgan fingerprint density at radius 3 is 2.42 bits per heavy atom. The van der Waals surface area contributed by atoms with Gasteiger partial charge in [0.15, 0.2) is 22.8 Å². The van der Waals surface area contributed by atoms with Crippen LogP contribution in [0.15, 0.2) is 12.4 Å². The highest BCUT2D eigenvalue weighted by Gasteiger charge is 2.61. The summed E-state index contributed by atoms with van der Waals surface area (Å²) in [5, 5.41) is 19.6. The number of methoxy groups -OCH3 is 1. The van der Waals surface area contributed by atoms with Crippen LogP contribution in [0, 0.1) is 29.6 Å². The Morgan fingerprint density at radius 1 is 1.11 bits per heavy atom. The van der Waals surface area contributed by atoms with E-state index in [2.05, 4.69) is 27.1 Å². The number of Topliss-reactive ketones (excluding diaryl/α,β-unsaturated/α-hetero) is 2. The van der Waals surface area contributed by atoms with Crippen LogP contribution < -0.4 is 11.5 Å². The minimum atomic E-state index is -3.22. The second kappa shape index (κ2) is 17.0. The van der Waals surface area contributed by atoms with Crippen LogP contribution in [0.5, 0.6) is 0 Å². The molecule has 3 fully saturated rings. The Hall–Kier alpha value is -4.06. The van der Waals surface area contributed by atoms with Crippen LogP contribution in [0.4, 0.5) is 14.3 Å². The third-order valence-corrected chi connectivity index (χ3v) is 12.4. The second-order valence-corrected chi connectivity index (χ2v) is 16.9. The second-order valence-electron chi connectivity index (χ2n) is 15.9. The van der Waals surface area contributed by atoms with E-state index in [0.29, 0.717) is 17.2 Å². The normalized spacial score (nSPS) is 38.1. The predicted molar refractivity (Wildman–Crippen MR) is 204 cm³/mol. The van der Waals surface area contributed by atoms with E-state index in [1.54, 1.807) is 47.0 Å². The van der Waals surface area contributed by atoms with Crippen molar-refractivity contribution in [3.05, 3.63) is 12.4 Å². The fourth-order valence-electron chi connectivity index (χ4n) is 8.37. The number of ketones is 2. The number of nitrogen functional groups attached to an aromatic ring is 1. The van der Waals surface area contributed by atoms with Crippen molar-refractivity contribution in [1.82, 2.24) is 24.9 Å². The fraction of sp³-hybridized carbons (Fsp3) is 0.711. The zero-order valence-corrected chi connectivity index (χ0v) is 34.6. The lowest BCUT2D eigenvalue weighted by Crippen LogP contribution is -2.61. The topological polar surface area (TPSA) is 234 Å². The molecule has 5 rings (SSSR count). The molecule has 3 aliphatic rings. The fourth-order valence-corrected chi connectivity index (χ4v) is 9.00. The molecule has 5 heterocycles. The van der Waals surface area contributed by atoms with Gasteiger partial charge in [0.05, 0.1) is 41.5 Å². The average molecular weight is 820 g/mol. The number of carbonyl (C=O) groups excluding carboxylic acids is 4. The van der Waals surface area contributed by atoms with Gasteiger partial charge in [0.1, 0.15) is 30.2 Å². The molecule has 314 valence electrons. The minimum absolute atomic E-state index is 0.0324. The number of carbonyl (C=O) groups is 4. The monoisotopic (exact) mass is 819 g/mol. The van der Waals surface area contributed by atoms with Crippen molar-refractivity contribution in [3.8, 4) is 22.4 Å². The molecule has 5 N–H and O–H groups in total. The van der Waals surface area contributed by atoms with Crippen LogP contribution in [0.1, 0.15) is 74.7 Å². The van der Waals surface area contributed by atoms with Gasteiger partial charge in [0.25, 0.3) is 5.67 Å². The molecular formula is C38H54FN7O10S. The quantitative estimate of drug-likeness (QED) is 0.207. The van der Waals surface area contributed by atoms with Crippen molar-refractivity contribution >= 4 is 40.1 Å². The number of amides is 1. The summed E-state index contributed by atoms with van der Waals surface area (Å²) in [4.78, 5) is 62.2. The summed E-state index contributed by atoms with van der Waals surface area (Å²) in [6, 6.07) is -1.78. The summed E-state index contributed by atoms with van der Waals surface area (Å²) < 4.78 is 48.2. The van der Waals surface area contributed by atoms with Crippen molar-refractivity contribution in [3.63, 3.8) is 0 Å². The van der Waals surface area contributed by atoms with Gasteiger partial charge in [0, 0.05) is 37.1 Å². The zero-order valence-electron chi connectivity index (χ0n) is 33.8. The number of nitrogens with zero attached hydrogens (tertiary/aromatic N) is 5. The molecular weight excluding hydrogens is 766 g/mol. The summed E-state index contributed by atoms with van der Waals surface area (Å²) in [5.41, 5.74) is 6.07. The van der Waals surface area contributed by atoms with Crippen LogP contribution >= 0.6 is 11.3 Å². The maximum absolute atomic E-state index is 16.7. The van der Waals surface area contributed by atoms with Crippen molar-refractivity contribution < 1.29 is 52.4 Å². The number of esters is 1. The predicted octanol–water partition coefficient (Wildman–Crippen LogP) is 2.68.